The van der Waals surface area contributed by atoms with Gasteiger partial charge in [-0.05, 0) is 139 Å². The average Bonchev–Trinajstić information content (AvgIpc) is 3.40. The van der Waals surface area contributed by atoms with E-state index >= 15 is 0 Å². The summed E-state index contributed by atoms with van der Waals surface area (Å²) in [6.45, 7) is 3.33. The highest BCUT2D eigenvalue weighted by Crippen LogP contribution is 2.37. The van der Waals surface area contributed by atoms with E-state index in [-0.39, 0.29) is 94.9 Å². The van der Waals surface area contributed by atoms with E-state index in [1.165, 1.54) is 66.7 Å². The summed E-state index contributed by atoms with van der Waals surface area (Å²) in [5.41, 5.74) is 1.51. The van der Waals surface area contributed by atoms with Crippen LogP contribution in [0.2, 0.25) is 10.6 Å². The van der Waals surface area contributed by atoms with Gasteiger partial charge >= 0.3 is 5.97 Å². The molecule has 0 spiro atoms. The molecule has 0 saturated heterocycles. The van der Waals surface area contributed by atoms with Crippen molar-refractivity contribution in [3.05, 3.63) is 154 Å². The van der Waals surface area contributed by atoms with E-state index in [4.69, 9.17) is 23.2 Å². The smallest absolute Gasteiger partial charge is 0.337 e. The number of halogens is 2. The second kappa shape index (κ2) is 22.0. The van der Waals surface area contributed by atoms with E-state index < -0.39 is 66.0 Å². The molecule has 0 bridgehead atoms. The molecule has 0 radical (unpaired) electrons. The summed E-state index contributed by atoms with van der Waals surface area (Å²) < 4.78 is 137. The molecule has 0 aliphatic heterocycles. The summed E-state index contributed by atoms with van der Waals surface area (Å²) in [5, 5.41) is 31.4. The van der Waals surface area contributed by atoms with Crippen LogP contribution in [0.1, 0.15) is 21.5 Å². The number of carboxylic acids is 1. The molecule has 0 aliphatic carbocycles. The zero-order valence-electron chi connectivity index (χ0n) is 40.7. The maximum Gasteiger partial charge on any atom is 0.337 e. The van der Waals surface area contributed by atoms with Gasteiger partial charge < -0.3 is 15.7 Å². The van der Waals surface area contributed by atoms with E-state index in [0.29, 0.717) is 22.5 Å². The summed E-state index contributed by atoms with van der Waals surface area (Å²) in [6.07, 6.45) is 0. The molecule has 9 rings (SSSR count). The second-order valence-corrected chi connectivity index (χ2v) is 23.2. The van der Waals surface area contributed by atoms with Crippen LogP contribution in [0.3, 0.4) is 0 Å². The van der Waals surface area contributed by atoms with Gasteiger partial charge in [0.2, 0.25) is 33.7 Å². The predicted octanol–water partition coefficient (Wildman–Crippen LogP) is 9.62. The SMILES string of the molecule is Cc1cc(Nc2nc(Cl)[nH]c(=Nc3ccc(N=c4nc(Nc5ccc(N=Nc6cc(S(=O)(=O)O)c7cccc(S(=O)(=O)O)c7c6)c(C)c5)nc(Cl)[nH]4)c(C(=O)O)c3)n2)ccc1N=Nc1cc(S(=O)(=O)O)c2cccc(S(=O)(=O)O)c2c1. The highest BCUT2D eigenvalue weighted by Gasteiger charge is 2.23. The molecule has 9 aromatic rings. The zero-order valence-corrected chi connectivity index (χ0v) is 45.5. The number of aromatic nitrogens is 6. The minimum Gasteiger partial charge on any atom is -0.478 e. The number of carboxylic acid groups (broad SMARTS) is 1. The number of azo groups is 2. The van der Waals surface area contributed by atoms with Crippen LogP contribution in [-0.4, -0.2) is 92.9 Å². The molecule has 0 unspecified atom stereocenters. The number of carbonyl (C=O) groups is 1. The van der Waals surface area contributed by atoms with Crippen LogP contribution >= 0.6 is 23.2 Å². The fourth-order valence-electron chi connectivity index (χ4n) is 7.83. The molecule has 0 amide bonds. The van der Waals surface area contributed by atoms with Crippen LogP contribution in [0.4, 0.5) is 57.4 Å². The summed E-state index contributed by atoms with van der Waals surface area (Å²) in [5.74, 6) is -1.52. The Morgan fingerprint density at radius 1 is 0.469 bits per heavy atom. The number of aryl methyl sites for hydroxylation is 2. The summed E-state index contributed by atoms with van der Waals surface area (Å²) in [4.78, 5) is 41.0. The number of aromatic carboxylic acids is 1. The lowest BCUT2D eigenvalue weighted by Crippen LogP contribution is -2.17. The van der Waals surface area contributed by atoms with Crippen molar-refractivity contribution in [3.8, 4) is 0 Å². The number of nitrogens with zero attached hydrogens (tertiary/aromatic N) is 10. The minimum absolute atomic E-state index is 0.0469. The van der Waals surface area contributed by atoms with E-state index in [0.717, 1.165) is 24.3 Å². The Labute approximate surface area is 465 Å². The Balaban J connectivity index is 0.922. The van der Waals surface area contributed by atoms with Crippen LogP contribution in [0, 0.1) is 13.8 Å². The first-order valence-electron chi connectivity index (χ1n) is 22.4. The number of hydrogen-bond donors (Lipinski definition) is 9. The van der Waals surface area contributed by atoms with Crippen molar-refractivity contribution in [2.24, 2.45) is 30.4 Å². The van der Waals surface area contributed by atoms with Crippen LogP contribution in [0.15, 0.2) is 165 Å². The molecule has 0 fully saturated rings. The van der Waals surface area contributed by atoms with Crippen molar-refractivity contribution in [2.45, 2.75) is 33.4 Å². The number of nitrogens with one attached hydrogen (secondary N) is 4. The summed E-state index contributed by atoms with van der Waals surface area (Å²) in [6, 6.07) is 24.7. The number of H-pyrrole nitrogens is 2. The van der Waals surface area contributed by atoms with E-state index in [9.17, 15) is 61.8 Å². The third-order valence-corrected chi connectivity index (χ3v) is 15.3. The van der Waals surface area contributed by atoms with Gasteiger partial charge in [0.1, 0.15) is 19.6 Å². The lowest BCUT2D eigenvalue weighted by Gasteiger charge is -2.09. The molecule has 414 valence electrons. The summed E-state index contributed by atoms with van der Waals surface area (Å²) >= 11 is 12.6. The molecular formula is C47H34Cl2N14O14S4. The molecule has 0 atom stereocenters. The number of rotatable bonds is 15. The van der Waals surface area contributed by atoms with Crippen molar-refractivity contribution in [1.29, 1.82) is 0 Å². The molecule has 28 nitrogen and oxygen atoms in total. The average molecular weight is 1220 g/mol. The maximum atomic E-state index is 12.6. The van der Waals surface area contributed by atoms with Gasteiger partial charge in [0.25, 0.3) is 40.5 Å². The predicted molar refractivity (Wildman–Crippen MR) is 291 cm³/mol. The maximum absolute atomic E-state index is 12.6. The van der Waals surface area contributed by atoms with E-state index in [1.54, 1.807) is 38.1 Å². The van der Waals surface area contributed by atoms with Gasteiger partial charge in [-0.1, -0.05) is 24.3 Å². The lowest BCUT2D eigenvalue weighted by molar-refractivity contribution is 0.0697. The Bertz CT molecular complexity index is 4830. The van der Waals surface area contributed by atoms with Crippen molar-refractivity contribution in [1.82, 2.24) is 29.9 Å². The lowest BCUT2D eigenvalue weighted by atomic mass is 10.1. The first-order chi connectivity index (χ1) is 38.0. The van der Waals surface area contributed by atoms with Gasteiger partial charge in [-0.3, -0.25) is 28.2 Å². The van der Waals surface area contributed by atoms with Crippen LogP contribution in [0.25, 0.3) is 21.5 Å². The number of aromatic amines is 2. The Hall–Kier alpha value is -8.83. The first-order valence-corrected chi connectivity index (χ1v) is 28.9. The van der Waals surface area contributed by atoms with Crippen molar-refractivity contribution < 1.29 is 61.8 Å². The standard InChI is InChI=1S/C47H34Cl2N14O14S4/c1-22-15-24(9-12-34(22)62-60-27-18-31-29(39(20-27)80(72,73)74)5-3-7-37(31)78(66,67)68)50-44-54-42(48)55-46(58-44)52-26-11-14-36(33(17-26)41(64)65)53-47-57-43(49)56-45(59-47)51-25-10-13-35(23(2)16-25)63-61-28-19-32-30(40(21-28)81(75,76)77)6-4-8-38(32)79(69,70)71/h3-21H,1-2H3,(H,64,65)(H,66,67,68)(H,69,70,71)(H,72,73,74)(H,75,76,77)(H2,50,52,54,55,58)(H2,51,53,56,57,59). The van der Waals surface area contributed by atoms with E-state index in [1.807, 2.05) is 0 Å². The normalized spacial score (nSPS) is 13.0. The highest BCUT2D eigenvalue weighted by atomic mass is 35.5. The van der Waals surface area contributed by atoms with Crippen molar-refractivity contribution in [3.63, 3.8) is 0 Å². The summed E-state index contributed by atoms with van der Waals surface area (Å²) in [7, 11) is -19.4. The first kappa shape index (κ1) is 56.9. The molecule has 7 aromatic carbocycles. The van der Waals surface area contributed by atoms with Gasteiger partial charge in [-0.15, -0.1) is 0 Å². The number of anilines is 4. The van der Waals surface area contributed by atoms with E-state index in [2.05, 4.69) is 71.0 Å². The largest absolute Gasteiger partial charge is 0.478 e. The molecule has 2 heterocycles. The number of hydrogen-bond acceptors (Lipinski definition) is 21. The molecule has 81 heavy (non-hydrogen) atoms. The third-order valence-electron chi connectivity index (χ3n) is 11.3. The highest BCUT2D eigenvalue weighted by molar-refractivity contribution is 7.87. The molecule has 34 heteroatoms. The Kier molecular flexibility index (Phi) is 15.5. The molecule has 0 aliphatic rings. The molecule has 0 saturated carbocycles. The second-order valence-electron chi connectivity index (χ2n) is 16.9. The fourth-order valence-corrected chi connectivity index (χ4v) is 11.0. The van der Waals surface area contributed by atoms with Gasteiger partial charge in [-0.25, -0.2) is 14.8 Å². The molecular weight excluding hydrogens is 1180 g/mol. The van der Waals surface area contributed by atoms with Crippen molar-refractivity contribution >= 4 is 149 Å². The zero-order chi connectivity index (χ0) is 58.3. The topological polar surface area (TPSA) is 436 Å². The molecule has 2 aromatic heterocycles. The molecule has 9 N–H and O–H groups in total. The van der Waals surface area contributed by atoms with Gasteiger partial charge in [0.15, 0.2) is 0 Å². The van der Waals surface area contributed by atoms with Crippen LogP contribution in [0.5, 0.6) is 0 Å². The van der Waals surface area contributed by atoms with Gasteiger partial charge in [-0.2, -0.15) is 74.1 Å². The monoisotopic (exact) mass is 1220 g/mol. The fraction of sp³-hybridized carbons (Fsp3) is 0.0426. The Morgan fingerprint density at radius 2 is 0.889 bits per heavy atom. The number of benzene rings is 7. The third kappa shape index (κ3) is 13.3. The van der Waals surface area contributed by atoms with Gasteiger partial charge in [0.05, 0.1) is 39.7 Å². The number of fused-ring (bicyclic) bond motifs is 2. The minimum atomic E-state index is -4.89. The van der Waals surface area contributed by atoms with Crippen LogP contribution < -0.4 is 21.9 Å². The van der Waals surface area contributed by atoms with Crippen molar-refractivity contribution in [2.75, 3.05) is 10.6 Å². The van der Waals surface area contributed by atoms with Crippen LogP contribution in [-0.2, 0) is 40.5 Å². The van der Waals surface area contributed by atoms with Gasteiger partial charge in [0, 0.05) is 32.9 Å². The quantitative estimate of drug-likeness (QED) is 0.0340. The Morgan fingerprint density at radius 3 is 1.30 bits per heavy atom.